The van der Waals surface area contributed by atoms with Crippen molar-refractivity contribution in [2.75, 3.05) is 0 Å². The van der Waals surface area contributed by atoms with Gasteiger partial charge in [0.15, 0.2) is 0 Å². The van der Waals surface area contributed by atoms with Crippen LogP contribution in [0.25, 0.3) is 54.3 Å². The molecule has 0 aliphatic carbocycles. The lowest BCUT2D eigenvalue weighted by molar-refractivity contribution is 0.597. The maximum Gasteiger partial charge on any atom is 0.145 e. The minimum Gasteiger partial charge on any atom is -0.464 e. The lowest BCUT2D eigenvalue weighted by Gasteiger charge is -2.21. The molecule has 0 unspecified atom stereocenters. The van der Waals surface area contributed by atoms with Gasteiger partial charge in [0.25, 0.3) is 0 Å². The summed E-state index contributed by atoms with van der Waals surface area (Å²) >= 11 is 1.80. The first-order valence-electron chi connectivity index (χ1n) is 9.70. The molecule has 0 bridgehead atoms. The molecule has 4 heteroatoms. The van der Waals surface area contributed by atoms with E-state index in [4.69, 9.17) is 13.8 Å². The van der Waals surface area contributed by atoms with E-state index in [0.29, 0.717) is 0 Å². The predicted octanol–water partition coefficient (Wildman–Crippen LogP) is 7.91. The Morgan fingerprint density at radius 2 is 1.76 bits per heavy atom. The first-order valence-corrected chi connectivity index (χ1v) is 10.6. The van der Waals surface area contributed by atoms with Crippen molar-refractivity contribution in [1.29, 1.82) is 0 Å². The van der Waals surface area contributed by atoms with Crippen molar-refractivity contribution in [3.05, 3.63) is 65.9 Å². The number of furan rings is 2. The first-order chi connectivity index (χ1) is 14.0. The number of fused-ring (bicyclic) bond motifs is 6. The van der Waals surface area contributed by atoms with Gasteiger partial charge in [0.2, 0.25) is 0 Å². The van der Waals surface area contributed by atoms with E-state index in [-0.39, 0.29) is 5.41 Å². The van der Waals surface area contributed by atoms with E-state index < -0.39 is 0 Å². The van der Waals surface area contributed by atoms with E-state index in [0.717, 1.165) is 44.2 Å². The molecule has 6 rings (SSSR count). The van der Waals surface area contributed by atoms with Crippen LogP contribution in [0, 0.1) is 0 Å². The van der Waals surface area contributed by atoms with E-state index in [1.54, 1.807) is 17.6 Å². The topological polar surface area (TPSA) is 39.2 Å². The highest BCUT2D eigenvalue weighted by atomic mass is 32.1. The molecular formula is C25H19NO2S. The van der Waals surface area contributed by atoms with Crippen LogP contribution in [-0.2, 0) is 5.41 Å². The van der Waals surface area contributed by atoms with Gasteiger partial charge in [-0.2, -0.15) is 0 Å². The van der Waals surface area contributed by atoms with Crippen molar-refractivity contribution in [2.24, 2.45) is 0 Å². The minimum atomic E-state index is 0.0414. The summed E-state index contributed by atoms with van der Waals surface area (Å²) in [7, 11) is 0. The number of nitrogens with zero attached hydrogens (tertiary/aromatic N) is 1. The summed E-state index contributed by atoms with van der Waals surface area (Å²) in [5, 5.41) is 6.49. The summed E-state index contributed by atoms with van der Waals surface area (Å²) < 4.78 is 13.3. The van der Waals surface area contributed by atoms with Crippen LogP contribution in [0.1, 0.15) is 26.3 Å². The Kier molecular flexibility index (Phi) is 3.31. The summed E-state index contributed by atoms with van der Waals surface area (Å²) in [6.07, 6.45) is 3.56. The lowest BCUT2D eigenvalue weighted by atomic mass is 9.85. The molecule has 3 nitrogen and oxygen atoms in total. The fourth-order valence-corrected chi connectivity index (χ4v) is 5.33. The SMILES string of the molecule is CC(C)(C)c1cc(-c2nccc3oc4ccc5ccoc5c4c23)cc2ccsc12. The molecule has 0 saturated heterocycles. The number of rotatable bonds is 1. The van der Waals surface area contributed by atoms with Crippen molar-refractivity contribution in [3.63, 3.8) is 0 Å². The van der Waals surface area contributed by atoms with Gasteiger partial charge in [0, 0.05) is 21.8 Å². The molecule has 0 fully saturated rings. The standard InChI is InChI=1S/C25H19NO2S/c1-25(2,3)17-13-16(12-15-8-11-29-24(15)17)22-20-19(6-9-26-22)28-18-5-4-14-7-10-27-23(14)21(18)20/h4-13H,1-3H3. The van der Waals surface area contributed by atoms with Gasteiger partial charge < -0.3 is 8.83 Å². The van der Waals surface area contributed by atoms with Gasteiger partial charge >= 0.3 is 0 Å². The van der Waals surface area contributed by atoms with Crippen LogP contribution in [0.2, 0.25) is 0 Å². The van der Waals surface area contributed by atoms with Crippen LogP contribution >= 0.6 is 11.3 Å². The number of hydrogen-bond acceptors (Lipinski definition) is 4. The summed E-state index contributed by atoms with van der Waals surface area (Å²) in [6.45, 7) is 6.79. The molecule has 4 aromatic heterocycles. The molecule has 0 N–H and O–H groups in total. The third kappa shape index (κ3) is 2.39. The molecule has 0 spiro atoms. The molecule has 29 heavy (non-hydrogen) atoms. The number of hydrogen-bond donors (Lipinski definition) is 0. The molecule has 0 saturated carbocycles. The Balaban J connectivity index is 1.76. The van der Waals surface area contributed by atoms with Crippen molar-refractivity contribution >= 4 is 54.3 Å². The number of benzene rings is 2. The lowest BCUT2D eigenvalue weighted by Crippen LogP contribution is -2.11. The van der Waals surface area contributed by atoms with E-state index in [9.17, 15) is 0 Å². The highest BCUT2D eigenvalue weighted by Crippen LogP contribution is 2.42. The first kappa shape index (κ1) is 16.8. The van der Waals surface area contributed by atoms with Crippen molar-refractivity contribution < 1.29 is 8.83 Å². The molecule has 0 aliphatic heterocycles. The molecule has 0 radical (unpaired) electrons. The van der Waals surface area contributed by atoms with Crippen LogP contribution in [0.15, 0.2) is 69.1 Å². The molecule has 4 heterocycles. The number of aromatic nitrogens is 1. The Morgan fingerprint density at radius 3 is 2.62 bits per heavy atom. The molecule has 0 atom stereocenters. The monoisotopic (exact) mass is 397 g/mol. The summed E-state index contributed by atoms with van der Waals surface area (Å²) in [5.74, 6) is 0. The maximum absolute atomic E-state index is 6.16. The van der Waals surface area contributed by atoms with E-state index >= 15 is 0 Å². The third-order valence-electron chi connectivity index (χ3n) is 5.60. The van der Waals surface area contributed by atoms with Gasteiger partial charge in [-0.05, 0) is 64.2 Å². The second kappa shape index (κ2) is 5.71. The predicted molar refractivity (Wildman–Crippen MR) is 121 cm³/mol. The van der Waals surface area contributed by atoms with Gasteiger partial charge in [-0.1, -0.05) is 20.8 Å². The van der Waals surface area contributed by atoms with Crippen LogP contribution in [0.3, 0.4) is 0 Å². The van der Waals surface area contributed by atoms with Gasteiger partial charge in [0.05, 0.1) is 22.7 Å². The Labute approximate surface area is 171 Å². The zero-order chi connectivity index (χ0) is 19.8. The number of pyridine rings is 1. The van der Waals surface area contributed by atoms with Crippen LogP contribution in [0.5, 0.6) is 0 Å². The fraction of sp³-hybridized carbons (Fsp3) is 0.160. The second-order valence-corrected chi connectivity index (χ2v) is 9.44. The second-order valence-electron chi connectivity index (χ2n) is 8.53. The summed E-state index contributed by atoms with van der Waals surface area (Å²) in [5.41, 5.74) is 5.93. The van der Waals surface area contributed by atoms with Crippen LogP contribution in [0.4, 0.5) is 0 Å². The quantitative estimate of drug-likeness (QED) is 0.283. The van der Waals surface area contributed by atoms with Crippen molar-refractivity contribution in [3.8, 4) is 11.3 Å². The molecule has 0 amide bonds. The van der Waals surface area contributed by atoms with Gasteiger partial charge in [-0.25, -0.2) is 0 Å². The molecule has 0 aliphatic rings. The van der Waals surface area contributed by atoms with Gasteiger partial charge in [-0.3, -0.25) is 4.98 Å². The van der Waals surface area contributed by atoms with Gasteiger partial charge in [-0.15, -0.1) is 11.3 Å². The van der Waals surface area contributed by atoms with E-state index in [1.807, 2.05) is 30.5 Å². The van der Waals surface area contributed by atoms with Crippen LogP contribution < -0.4 is 0 Å². The molecule has 142 valence electrons. The highest BCUT2D eigenvalue weighted by molar-refractivity contribution is 7.17. The maximum atomic E-state index is 6.16. The van der Waals surface area contributed by atoms with Gasteiger partial charge in [0.1, 0.15) is 16.7 Å². The Bertz CT molecular complexity index is 1540. The van der Waals surface area contributed by atoms with E-state index in [2.05, 4.69) is 44.4 Å². The fourth-order valence-electron chi connectivity index (χ4n) is 4.22. The number of thiophene rings is 1. The molecular weight excluding hydrogens is 378 g/mol. The van der Waals surface area contributed by atoms with Crippen molar-refractivity contribution in [1.82, 2.24) is 4.98 Å². The normalized spacial score (nSPS) is 12.7. The van der Waals surface area contributed by atoms with E-state index in [1.165, 1.54) is 15.6 Å². The Hall–Kier alpha value is -3.11. The smallest absolute Gasteiger partial charge is 0.145 e. The summed E-state index contributed by atoms with van der Waals surface area (Å²) in [6, 6.07) is 14.7. The Morgan fingerprint density at radius 1 is 0.897 bits per heavy atom. The minimum absolute atomic E-state index is 0.0414. The third-order valence-corrected chi connectivity index (χ3v) is 6.56. The highest BCUT2D eigenvalue weighted by Gasteiger charge is 2.22. The van der Waals surface area contributed by atoms with Crippen LogP contribution in [-0.4, -0.2) is 4.98 Å². The molecule has 6 aromatic rings. The zero-order valence-electron chi connectivity index (χ0n) is 16.4. The summed E-state index contributed by atoms with van der Waals surface area (Å²) in [4.78, 5) is 4.81. The largest absolute Gasteiger partial charge is 0.464 e. The zero-order valence-corrected chi connectivity index (χ0v) is 17.3. The van der Waals surface area contributed by atoms with Crippen molar-refractivity contribution in [2.45, 2.75) is 26.2 Å². The molecule has 2 aromatic carbocycles. The average Bonchev–Trinajstić information content (AvgIpc) is 3.41. The average molecular weight is 397 g/mol.